The zero-order valence-corrected chi connectivity index (χ0v) is 18.4. The molecule has 2 N–H and O–H groups in total. The van der Waals surface area contributed by atoms with Crippen LogP contribution in [0.3, 0.4) is 0 Å². The van der Waals surface area contributed by atoms with Gasteiger partial charge in [0.1, 0.15) is 11.0 Å². The topological polar surface area (TPSA) is 110 Å². The molecule has 0 saturated carbocycles. The number of nitrogens with zero attached hydrogens (tertiary/aromatic N) is 4. The van der Waals surface area contributed by atoms with E-state index in [9.17, 15) is 14.7 Å². The molecule has 1 atom stereocenters. The number of anilines is 1. The molecule has 162 valence electrons. The van der Waals surface area contributed by atoms with Gasteiger partial charge in [-0.3, -0.25) is 14.3 Å². The molecular formula is C23H20ClN5O3. The minimum atomic E-state index is -1.19. The van der Waals surface area contributed by atoms with E-state index in [2.05, 4.69) is 15.3 Å². The minimum absolute atomic E-state index is 0.0906. The van der Waals surface area contributed by atoms with Crippen molar-refractivity contribution in [2.24, 2.45) is 7.05 Å². The Bertz CT molecular complexity index is 1400. The Hall–Kier alpha value is -3.78. The molecule has 0 amide bonds. The standard InChI is InChI=1S/C23H20ClN5O3/c1-12-9-15(13(2)26-17-6-7-18(24)27-20(17)23(31)32)19-16(10-12)22(30)29(3)21(28-19)14-5-4-8-25-11-14/h4-11,13,26H,1-3H3,(H,31,32). The largest absolute Gasteiger partial charge is 0.476 e. The Balaban J connectivity index is 1.88. The fourth-order valence-corrected chi connectivity index (χ4v) is 3.81. The highest BCUT2D eigenvalue weighted by molar-refractivity contribution is 6.29. The summed E-state index contributed by atoms with van der Waals surface area (Å²) in [6.07, 6.45) is 3.31. The Morgan fingerprint density at radius 3 is 2.69 bits per heavy atom. The molecular weight excluding hydrogens is 430 g/mol. The summed E-state index contributed by atoms with van der Waals surface area (Å²) in [5.41, 5.74) is 2.87. The predicted molar refractivity (Wildman–Crippen MR) is 123 cm³/mol. The third kappa shape index (κ3) is 3.92. The number of carboxylic acid groups (broad SMARTS) is 1. The zero-order chi connectivity index (χ0) is 23.0. The molecule has 0 fully saturated rings. The molecule has 4 aromatic rings. The van der Waals surface area contributed by atoms with Crippen LogP contribution in [0.15, 0.2) is 53.6 Å². The highest BCUT2D eigenvalue weighted by Gasteiger charge is 2.20. The van der Waals surface area contributed by atoms with Crippen LogP contribution in [0.1, 0.15) is 34.6 Å². The third-order valence-corrected chi connectivity index (χ3v) is 5.39. The highest BCUT2D eigenvalue weighted by atomic mass is 35.5. The molecule has 1 aromatic carbocycles. The van der Waals surface area contributed by atoms with Crippen molar-refractivity contribution >= 4 is 34.2 Å². The molecule has 3 heterocycles. The number of hydrogen-bond donors (Lipinski definition) is 2. The second kappa shape index (κ2) is 8.39. The smallest absolute Gasteiger partial charge is 0.356 e. The first-order valence-electron chi connectivity index (χ1n) is 9.84. The van der Waals surface area contributed by atoms with Gasteiger partial charge in [0, 0.05) is 30.6 Å². The maximum absolute atomic E-state index is 13.2. The van der Waals surface area contributed by atoms with Crippen molar-refractivity contribution in [2.45, 2.75) is 19.9 Å². The molecule has 4 rings (SSSR count). The van der Waals surface area contributed by atoms with Crippen molar-refractivity contribution in [1.29, 1.82) is 0 Å². The molecule has 0 aliphatic carbocycles. The lowest BCUT2D eigenvalue weighted by Crippen LogP contribution is -2.22. The first kappa shape index (κ1) is 21.5. The van der Waals surface area contributed by atoms with E-state index >= 15 is 0 Å². The van der Waals surface area contributed by atoms with Crippen molar-refractivity contribution < 1.29 is 9.90 Å². The molecule has 3 aromatic heterocycles. The van der Waals surface area contributed by atoms with Crippen LogP contribution in [0.5, 0.6) is 0 Å². The number of aryl methyl sites for hydroxylation is 1. The number of halogens is 1. The van der Waals surface area contributed by atoms with Gasteiger partial charge < -0.3 is 10.4 Å². The number of aromatic carboxylic acids is 1. The number of benzene rings is 1. The SMILES string of the molecule is Cc1cc(C(C)Nc2ccc(Cl)nc2C(=O)O)c2nc(-c3cccnc3)n(C)c(=O)c2c1. The first-order valence-corrected chi connectivity index (χ1v) is 10.2. The summed E-state index contributed by atoms with van der Waals surface area (Å²) in [6.45, 7) is 3.77. The molecule has 32 heavy (non-hydrogen) atoms. The van der Waals surface area contributed by atoms with E-state index in [-0.39, 0.29) is 22.4 Å². The van der Waals surface area contributed by atoms with Gasteiger partial charge in [-0.1, -0.05) is 17.7 Å². The van der Waals surface area contributed by atoms with Crippen molar-refractivity contribution in [2.75, 3.05) is 5.32 Å². The summed E-state index contributed by atoms with van der Waals surface area (Å²) < 4.78 is 1.51. The molecule has 0 spiro atoms. The van der Waals surface area contributed by atoms with Gasteiger partial charge in [-0.2, -0.15) is 0 Å². The number of hydrogen-bond acceptors (Lipinski definition) is 6. The molecule has 1 unspecified atom stereocenters. The summed E-state index contributed by atoms with van der Waals surface area (Å²) in [7, 11) is 1.68. The molecule has 0 bridgehead atoms. The summed E-state index contributed by atoms with van der Waals surface area (Å²) in [5.74, 6) is -0.700. The van der Waals surface area contributed by atoms with Crippen molar-refractivity contribution in [3.63, 3.8) is 0 Å². The number of carboxylic acids is 1. The monoisotopic (exact) mass is 449 g/mol. The molecule has 0 radical (unpaired) electrons. The average molecular weight is 450 g/mol. The van der Waals surface area contributed by atoms with Crippen molar-refractivity contribution in [3.8, 4) is 11.4 Å². The fourth-order valence-electron chi connectivity index (χ4n) is 3.66. The van der Waals surface area contributed by atoms with Crippen LogP contribution >= 0.6 is 11.6 Å². The van der Waals surface area contributed by atoms with Gasteiger partial charge in [-0.05, 0) is 49.7 Å². The maximum Gasteiger partial charge on any atom is 0.356 e. The van der Waals surface area contributed by atoms with Crippen LogP contribution in [0.4, 0.5) is 5.69 Å². The van der Waals surface area contributed by atoms with Crippen molar-refractivity contribution in [3.05, 3.63) is 81.1 Å². The summed E-state index contributed by atoms with van der Waals surface area (Å²) in [5, 5.41) is 13.3. The summed E-state index contributed by atoms with van der Waals surface area (Å²) in [4.78, 5) is 37.6. The van der Waals surface area contributed by atoms with Crippen LogP contribution in [-0.2, 0) is 7.05 Å². The number of rotatable bonds is 5. The predicted octanol–water partition coefficient (Wildman–Crippen LogP) is 4.22. The van der Waals surface area contributed by atoms with Crippen LogP contribution < -0.4 is 10.9 Å². The number of fused-ring (bicyclic) bond motifs is 1. The lowest BCUT2D eigenvalue weighted by molar-refractivity contribution is 0.0691. The van der Waals surface area contributed by atoms with Crippen LogP contribution in [0.25, 0.3) is 22.3 Å². The van der Waals surface area contributed by atoms with Crippen LogP contribution in [-0.4, -0.2) is 30.6 Å². The van der Waals surface area contributed by atoms with E-state index in [1.807, 2.05) is 26.0 Å². The molecule has 0 aliphatic heterocycles. The second-order valence-corrected chi connectivity index (χ2v) is 7.88. The van der Waals surface area contributed by atoms with Gasteiger partial charge in [0.05, 0.1) is 22.6 Å². The van der Waals surface area contributed by atoms with E-state index in [4.69, 9.17) is 16.6 Å². The summed E-state index contributed by atoms with van der Waals surface area (Å²) in [6, 6.07) is 10.1. The Morgan fingerprint density at radius 1 is 1.22 bits per heavy atom. The van der Waals surface area contributed by atoms with E-state index < -0.39 is 5.97 Å². The number of carbonyl (C=O) groups is 1. The molecule has 0 aliphatic rings. The lowest BCUT2D eigenvalue weighted by Gasteiger charge is -2.20. The van der Waals surface area contributed by atoms with E-state index in [0.29, 0.717) is 22.4 Å². The number of pyridine rings is 2. The molecule has 8 nitrogen and oxygen atoms in total. The van der Waals surface area contributed by atoms with E-state index in [1.165, 1.54) is 10.6 Å². The van der Waals surface area contributed by atoms with Gasteiger partial charge in [0.2, 0.25) is 0 Å². The van der Waals surface area contributed by atoms with E-state index in [1.54, 1.807) is 37.6 Å². The number of nitrogens with one attached hydrogen (secondary N) is 1. The minimum Gasteiger partial charge on any atom is -0.476 e. The van der Waals surface area contributed by atoms with Gasteiger partial charge in [0.25, 0.3) is 5.56 Å². The Labute approximate surface area is 188 Å². The number of aromatic nitrogens is 4. The normalized spacial score (nSPS) is 12.0. The first-order chi connectivity index (χ1) is 15.3. The van der Waals surface area contributed by atoms with Gasteiger partial charge in [-0.25, -0.2) is 14.8 Å². The fraction of sp³-hybridized carbons (Fsp3) is 0.174. The van der Waals surface area contributed by atoms with Crippen LogP contribution in [0, 0.1) is 6.92 Å². The molecule has 9 heteroatoms. The third-order valence-electron chi connectivity index (χ3n) is 5.18. The molecule has 0 saturated heterocycles. The van der Waals surface area contributed by atoms with E-state index in [0.717, 1.165) is 16.7 Å². The van der Waals surface area contributed by atoms with Gasteiger partial charge in [0.15, 0.2) is 5.69 Å². The Kier molecular flexibility index (Phi) is 5.63. The maximum atomic E-state index is 13.2. The highest BCUT2D eigenvalue weighted by Crippen LogP contribution is 2.29. The summed E-state index contributed by atoms with van der Waals surface area (Å²) >= 11 is 5.87. The van der Waals surface area contributed by atoms with Crippen LogP contribution in [0.2, 0.25) is 5.15 Å². The second-order valence-electron chi connectivity index (χ2n) is 7.49. The lowest BCUT2D eigenvalue weighted by atomic mass is 10.0. The Morgan fingerprint density at radius 2 is 2.00 bits per heavy atom. The van der Waals surface area contributed by atoms with Gasteiger partial charge in [-0.15, -0.1) is 0 Å². The van der Waals surface area contributed by atoms with Crippen molar-refractivity contribution in [1.82, 2.24) is 19.5 Å². The van der Waals surface area contributed by atoms with Gasteiger partial charge >= 0.3 is 5.97 Å². The zero-order valence-electron chi connectivity index (χ0n) is 17.6. The quantitative estimate of drug-likeness (QED) is 0.439. The average Bonchev–Trinajstić information content (AvgIpc) is 2.77.